The molecule has 2 fully saturated rings. The lowest BCUT2D eigenvalue weighted by molar-refractivity contribution is -0.148. The summed E-state index contributed by atoms with van der Waals surface area (Å²) in [6.07, 6.45) is 4.29. The first-order valence-corrected chi connectivity index (χ1v) is 7.87. The number of piperidine rings is 2. The number of methoxy groups -OCH3 is 1. The van der Waals surface area contributed by atoms with Gasteiger partial charge in [0, 0.05) is 19.6 Å². The fourth-order valence-corrected chi connectivity index (χ4v) is 3.66. The fraction of sp³-hybridized carbons (Fsp3) is 0.588. The van der Waals surface area contributed by atoms with E-state index in [9.17, 15) is 4.79 Å². The minimum Gasteiger partial charge on any atom is -0.497 e. The van der Waals surface area contributed by atoms with Crippen molar-refractivity contribution in [3.63, 3.8) is 0 Å². The van der Waals surface area contributed by atoms with Gasteiger partial charge >= 0.3 is 0 Å². The zero-order chi connectivity index (χ0) is 14.7. The van der Waals surface area contributed by atoms with Crippen molar-refractivity contribution in [3.8, 4) is 5.75 Å². The van der Waals surface area contributed by atoms with Crippen LogP contribution in [0.2, 0.25) is 0 Å². The number of rotatable bonds is 3. The Morgan fingerprint density at radius 3 is 2.86 bits per heavy atom. The van der Waals surface area contributed by atoms with E-state index in [2.05, 4.69) is 11.4 Å². The largest absolute Gasteiger partial charge is 0.497 e. The Morgan fingerprint density at radius 1 is 1.32 bits per heavy atom. The van der Waals surface area contributed by atoms with Gasteiger partial charge < -0.3 is 15.0 Å². The molecule has 2 saturated heterocycles. The molecule has 0 aliphatic carbocycles. The normalized spacial score (nSPS) is 25.0. The number of amides is 1. The molecule has 2 heterocycles. The van der Waals surface area contributed by atoms with Gasteiger partial charge in [-0.25, -0.2) is 0 Å². The first-order chi connectivity index (χ1) is 10.2. The standard InChI is InChI=1S/C17H24N2O2.ClH/c1-21-15-6-2-5-14(11-15)12-19-10-4-8-17(16(19)20)7-3-9-18-13-17;/h2,5-6,11,18H,3-4,7-10,12-13H2,1H3;1H. The van der Waals surface area contributed by atoms with Crippen LogP contribution in [0.4, 0.5) is 0 Å². The number of carbonyl (C=O) groups is 1. The molecule has 1 N–H and O–H groups in total. The zero-order valence-corrected chi connectivity index (χ0v) is 14.0. The van der Waals surface area contributed by atoms with E-state index in [1.807, 2.05) is 23.1 Å². The molecule has 1 unspecified atom stereocenters. The van der Waals surface area contributed by atoms with E-state index >= 15 is 0 Å². The van der Waals surface area contributed by atoms with Crippen LogP contribution in [-0.4, -0.2) is 37.6 Å². The lowest BCUT2D eigenvalue weighted by Gasteiger charge is -2.44. The number of nitrogens with one attached hydrogen (secondary N) is 1. The van der Waals surface area contributed by atoms with Crippen LogP contribution in [0.3, 0.4) is 0 Å². The highest BCUT2D eigenvalue weighted by Gasteiger charge is 2.44. The summed E-state index contributed by atoms with van der Waals surface area (Å²) in [5.74, 6) is 1.19. The molecule has 1 spiro atoms. The average molecular weight is 325 g/mol. The van der Waals surface area contributed by atoms with Crippen LogP contribution in [0.5, 0.6) is 5.75 Å². The summed E-state index contributed by atoms with van der Waals surface area (Å²) in [5, 5.41) is 3.41. The van der Waals surface area contributed by atoms with Gasteiger partial charge in [-0.05, 0) is 49.9 Å². The molecule has 2 aliphatic rings. The van der Waals surface area contributed by atoms with Crippen LogP contribution in [0.15, 0.2) is 24.3 Å². The summed E-state index contributed by atoms with van der Waals surface area (Å²) >= 11 is 0. The second-order valence-electron chi connectivity index (χ2n) is 6.24. The fourth-order valence-electron chi connectivity index (χ4n) is 3.66. The maximum Gasteiger partial charge on any atom is 0.230 e. The number of hydrogen-bond donors (Lipinski definition) is 1. The number of halogens is 1. The van der Waals surface area contributed by atoms with Gasteiger partial charge in [-0.2, -0.15) is 0 Å². The van der Waals surface area contributed by atoms with Gasteiger partial charge in [0.2, 0.25) is 5.91 Å². The van der Waals surface area contributed by atoms with Gasteiger partial charge in [-0.15, -0.1) is 12.4 Å². The molecule has 0 radical (unpaired) electrons. The minimum absolute atomic E-state index is 0. The van der Waals surface area contributed by atoms with Gasteiger partial charge in [0.15, 0.2) is 0 Å². The predicted molar refractivity (Wildman–Crippen MR) is 89.4 cm³/mol. The summed E-state index contributed by atoms with van der Waals surface area (Å²) in [7, 11) is 1.67. The summed E-state index contributed by atoms with van der Waals surface area (Å²) < 4.78 is 5.27. The van der Waals surface area contributed by atoms with Gasteiger partial charge in [-0.3, -0.25) is 4.79 Å². The molecule has 0 bridgehead atoms. The van der Waals surface area contributed by atoms with Crippen molar-refractivity contribution in [1.29, 1.82) is 0 Å². The van der Waals surface area contributed by atoms with Gasteiger partial charge in [0.1, 0.15) is 5.75 Å². The Bertz CT molecular complexity index is 510. The molecular formula is C17H25ClN2O2. The van der Waals surface area contributed by atoms with Crippen LogP contribution in [0.1, 0.15) is 31.2 Å². The molecule has 1 atom stereocenters. The second-order valence-corrected chi connectivity index (χ2v) is 6.24. The highest BCUT2D eigenvalue weighted by Crippen LogP contribution is 2.37. The van der Waals surface area contributed by atoms with Gasteiger partial charge in [0.25, 0.3) is 0 Å². The van der Waals surface area contributed by atoms with Crippen LogP contribution < -0.4 is 10.1 Å². The second kappa shape index (κ2) is 7.34. The summed E-state index contributed by atoms with van der Waals surface area (Å²) in [6.45, 7) is 3.46. The molecule has 4 nitrogen and oxygen atoms in total. The molecule has 5 heteroatoms. The summed E-state index contributed by atoms with van der Waals surface area (Å²) in [5.41, 5.74) is 0.999. The number of nitrogens with zero attached hydrogens (tertiary/aromatic N) is 1. The number of benzene rings is 1. The molecule has 1 aromatic rings. The van der Waals surface area contributed by atoms with Crippen LogP contribution in [0.25, 0.3) is 0 Å². The Morgan fingerprint density at radius 2 is 2.14 bits per heavy atom. The zero-order valence-electron chi connectivity index (χ0n) is 13.1. The Labute approximate surface area is 138 Å². The van der Waals surface area contributed by atoms with Crippen molar-refractivity contribution in [2.45, 2.75) is 32.2 Å². The highest BCUT2D eigenvalue weighted by atomic mass is 35.5. The predicted octanol–water partition coefficient (Wildman–Crippen LogP) is 2.61. The smallest absolute Gasteiger partial charge is 0.230 e. The third kappa shape index (κ3) is 3.39. The molecule has 3 rings (SSSR count). The monoisotopic (exact) mass is 324 g/mol. The van der Waals surface area contributed by atoms with Crippen LogP contribution >= 0.6 is 12.4 Å². The lowest BCUT2D eigenvalue weighted by Crippen LogP contribution is -2.54. The number of carbonyl (C=O) groups excluding carboxylic acids is 1. The Hall–Kier alpha value is -1.26. The van der Waals surface area contributed by atoms with Crippen LogP contribution in [0, 0.1) is 5.41 Å². The van der Waals surface area contributed by atoms with Crippen molar-refractivity contribution in [3.05, 3.63) is 29.8 Å². The lowest BCUT2D eigenvalue weighted by atomic mass is 9.73. The average Bonchev–Trinajstić information content (AvgIpc) is 2.53. The van der Waals surface area contributed by atoms with Crippen molar-refractivity contribution in [2.24, 2.45) is 5.41 Å². The van der Waals surface area contributed by atoms with E-state index in [-0.39, 0.29) is 17.8 Å². The van der Waals surface area contributed by atoms with E-state index in [0.717, 1.165) is 56.6 Å². The SMILES string of the molecule is COc1cccc(CN2CCCC3(CCCNC3)C2=O)c1.Cl. The van der Waals surface area contributed by atoms with E-state index in [4.69, 9.17) is 4.74 Å². The van der Waals surface area contributed by atoms with Crippen LogP contribution in [-0.2, 0) is 11.3 Å². The molecule has 122 valence electrons. The molecule has 0 aromatic heterocycles. The van der Waals surface area contributed by atoms with Crippen molar-refractivity contribution in [1.82, 2.24) is 10.2 Å². The molecule has 0 saturated carbocycles. The molecule has 22 heavy (non-hydrogen) atoms. The molecule has 2 aliphatic heterocycles. The summed E-state index contributed by atoms with van der Waals surface area (Å²) in [4.78, 5) is 14.9. The molecular weight excluding hydrogens is 300 g/mol. The highest BCUT2D eigenvalue weighted by molar-refractivity contribution is 5.85. The third-order valence-electron chi connectivity index (χ3n) is 4.80. The maximum absolute atomic E-state index is 12.9. The summed E-state index contributed by atoms with van der Waals surface area (Å²) in [6, 6.07) is 8.01. The Balaban J connectivity index is 0.00000176. The van der Waals surface area contributed by atoms with E-state index in [1.165, 1.54) is 0 Å². The maximum atomic E-state index is 12.9. The van der Waals surface area contributed by atoms with Crippen molar-refractivity contribution < 1.29 is 9.53 Å². The molecule has 1 amide bonds. The van der Waals surface area contributed by atoms with Crippen molar-refractivity contribution in [2.75, 3.05) is 26.7 Å². The van der Waals surface area contributed by atoms with Crippen molar-refractivity contribution >= 4 is 18.3 Å². The van der Waals surface area contributed by atoms with Gasteiger partial charge in [0.05, 0.1) is 12.5 Å². The number of hydrogen-bond acceptors (Lipinski definition) is 3. The minimum atomic E-state index is -0.143. The first kappa shape index (κ1) is 17.1. The third-order valence-corrected chi connectivity index (χ3v) is 4.80. The number of ether oxygens (including phenoxy) is 1. The van der Waals surface area contributed by atoms with Gasteiger partial charge in [-0.1, -0.05) is 12.1 Å². The quantitative estimate of drug-likeness (QED) is 0.929. The van der Waals surface area contributed by atoms with E-state index < -0.39 is 0 Å². The number of likely N-dealkylation sites (tertiary alicyclic amines) is 1. The molecule has 1 aromatic carbocycles. The van der Waals surface area contributed by atoms with E-state index in [0.29, 0.717) is 12.5 Å². The Kier molecular flexibility index (Phi) is 5.70. The topological polar surface area (TPSA) is 41.6 Å². The first-order valence-electron chi connectivity index (χ1n) is 7.87. The van der Waals surface area contributed by atoms with E-state index in [1.54, 1.807) is 7.11 Å².